The first-order chi connectivity index (χ1) is 16.3. The summed E-state index contributed by atoms with van der Waals surface area (Å²) < 4.78 is 18.8. The molecule has 10 heteroatoms. The van der Waals surface area contributed by atoms with E-state index in [1.54, 1.807) is 23.9 Å². The van der Waals surface area contributed by atoms with E-state index >= 15 is 0 Å². The molecule has 1 amide bonds. The fourth-order valence-corrected chi connectivity index (χ4v) is 4.50. The van der Waals surface area contributed by atoms with E-state index in [2.05, 4.69) is 25.7 Å². The van der Waals surface area contributed by atoms with Crippen LogP contribution in [0.4, 0.5) is 0 Å². The van der Waals surface area contributed by atoms with Crippen molar-refractivity contribution in [2.45, 2.75) is 38.8 Å². The Kier molecular flexibility index (Phi) is 5.40. The molecule has 0 unspecified atom stereocenters. The molecule has 0 spiro atoms. The van der Waals surface area contributed by atoms with Crippen molar-refractivity contribution in [3.8, 4) is 22.9 Å². The molecular weight excluding hydrogens is 436 g/mol. The van der Waals surface area contributed by atoms with Crippen LogP contribution in [0.2, 0.25) is 0 Å². The van der Waals surface area contributed by atoms with Gasteiger partial charge in [0.2, 0.25) is 12.5 Å². The third-order valence-corrected chi connectivity index (χ3v) is 5.98. The van der Waals surface area contributed by atoms with Crippen LogP contribution in [0.3, 0.4) is 0 Å². The highest BCUT2D eigenvalue weighted by molar-refractivity contribution is 5.95. The second-order valence-electron chi connectivity index (χ2n) is 9.55. The summed E-state index contributed by atoms with van der Waals surface area (Å²) >= 11 is 0. The normalized spacial score (nSPS) is 17.4. The largest absolute Gasteiger partial charge is 0.492 e. The number of methoxy groups -OCH3 is 1. The number of rotatable bonds is 4. The first-order valence-corrected chi connectivity index (χ1v) is 11.2. The monoisotopic (exact) mass is 464 g/mol. The fourth-order valence-electron chi connectivity index (χ4n) is 4.50. The predicted octanol–water partition coefficient (Wildman–Crippen LogP) is 2.51. The summed E-state index contributed by atoms with van der Waals surface area (Å²) in [6.45, 7) is 6.81. The minimum Gasteiger partial charge on any atom is -0.492 e. The van der Waals surface area contributed by atoms with Crippen LogP contribution in [0.1, 0.15) is 54.1 Å². The molecule has 1 atom stereocenters. The fraction of sp³-hybridized carbons (Fsp3) is 0.417. The molecule has 0 fully saturated rings. The zero-order valence-corrected chi connectivity index (χ0v) is 20.0. The number of hydrogen-bond acceptors (Lipinski definition) is 8. The maximum atomic E-state index is 12.8. The molecule has 3 heterocycles. The molecule has 34 heavy (non-hydrogen) atoms. The van der Waals surface area contributed by atoms with E-state index in [0.29, 0.717) is 34.3 Å². The number of likely N-dealkylation sites (N-methyl/N-ethyl adjacent to an activating group) is 1. The summed E-state index contributed by atoms with van der Waals surface area (Å²) in [6.07, 6.45) is 0.833. The molecule has 2 aliphatic heterocycles. The summed E-state index contributed by atoms with van der Waals surface area (Å²) in [5, 5.41) is 15.6. The van der Waals surface area contributed by atoms with Gasteiger partial charge in [0, 0.05) is 23.2 Å². The van der Waals surface area contributed by atoms with Gasteiger partial charge in [0.15, 0.2) is 17.3 Å². The van der Waals surface area contributed by atoms with Crippen molar-refractivity contribution >= 4 is 5.91 Å². The van der Waals surface area contributed by atoms with Gasteiger partial charge in [0.1, 0.15) is 6.04 Å². The Hall–Kier alpha value is -3.66. The number of aromatic nitrogens is 4. The van der Waals surface area contributed by atoms with Gasteiger partial charge in [-0.1, -0.05) is 6.07 Å². The molecule has 1 aromatic heterocycles. The molecule has 2 aliphatic rings. The van der Waals surface area contributed by atoms with Crippen LogP contribution in [0.25, 0.3) is 5.69 Å². The van der Waals surface area contributed by atoms with Crippen molar-refractivity contribution in [1.82, 2.24) is 30.4 Å². The summed E-state index contributed by atoms with van der Waals surface area (Å²) in [4.78, 5) is 14.9. The molecule has 0 saturated carbocycles. The van der Waals surface area contributed by atoms with Crippen LogP contribution < -0.4 is 19.5 Å². The van der Waals surface area contributed by atoms with Crippen molar-refractivity contribution in [3.63, 3.8) is 0 Å². The van der Waals surface area contributed by atoms with Crippen molar-refractivity contribution < 1.29 is 19.0 Å². The zero-order valence-electron chi connectivity index (χ0n) is 20.0. The summed E-state index contributed by atoms with van der Waals surface area (Å²) in [6, 6.07) is 9.02. The van der Waals surface area contributed by atoms with Crippen LogP contribution in [0.5, 0.6) is 17.2 Å². The van der Waals surface area contributed by atoms with E-state index in [-0.39, 0.29) is 24.3 Å². The molecule has 1 N–H and O–H groups in total. The van der Waals surface area contributed by atoms with Crippen molar-refractivity contribution in [1.29, 1.82) is 0 Å². The van der Waals surface area contributed by atoms with Crippen LogP contribution in [0, 0.1) is 0 Å². The highest BCUT2D eigenvalue weighted by Crippen LogP contribution is 2.50. The quantitative estimate of drug-likeness (QED) is 0.628. The maximum Gasteiger partial charge on any atom is 0.251 e. The third-order valence-electron chi connectivity index (χ3n) is 5.98. The van der Waals surface area contributed by atoms with E-state index in [0.717, 1.165) is 24.1 Å². The molecule has 5 rings (SSSR count). The van der Waals surface area contributed by atoms with Crippen molar-refractivity contribution in [3.05, 3.63) is 52.8 Å². The van der Waals surface area contributed by atoms with E-state index in [1.165, 1.54) is 0 Å². The Bertz CT molecular complexity index is 1250. The lowest BCUT2D eigenvalue weighted by Crippen LogP contribution is -2.40. The number of tetrazole rings is 1. The topological polar surface area (TPSA) is 104 Å². The third kappa shape index (κ3) is 3.83. The Morgan fingerprint density at radius 3 is 2.82 bits per heavy atom. The Morgan fingerprint density at radius 2 is 2.06 bits per heavy atom. The van der Waals surface area contributed by atoms with Gasteiger partial charge in [-0.2, -0.15) is 4.68 Å². The van der Waals surface area contributed by atoms with Gasteiger partial charge in [0.25, 0.3) is 5.91 Å². The molecule has 2 aromatic carbocycles. The van der Waals surface area contributed by atoms with Gasteiger partial charge >= 0.3 is 0 Å². The maximum absolute atomic E-state index is 12.8. The molecule has 178 valence electrons. The number of amides is 1. The van der Waals surface area contributed by atoms with E-state index < -0.39 is 0 Å². The number of carbonyl (C=O) groups excluding carboxylic acids is 1. The summed E-state index contributed by atoms with van der Waals surface area (Å²) in [7, 11) is 3.66. The number of nitrogens with one attached hydrogen (secondary N) is 1. The van der Waals surface area contributed by atoms with Crippen LogP contribution in [-0.4, -0.2) is 64.0 Å². The smallest absolute Gasteiger partial charge is 0.251 e. The van der Waals surface area contributed by atoms with Gasteiger partial charge in [0.05, 0.1) is 12.8 Å². The Labute approximate surface area is 197 Å². The average Bonchev–Trinajstić information content (AvgIpc) is 3.46. The summed E-state index contributed by atoms with van der Waals surface area (Å²) in [5.74, 6) is 2.39. The van der Waals surface area contributed by atoms with Crippen LogP contribution in [-0.2, 0) is 6.42 Å². The molecule has 0 saturated heterocycles. The van der Waals surface area contributed by atoms with Crippen LogP contribution >= 0.6 is 0 Å². The predicted molar refractivity (Wildman–Crippen MR) is 124 cm³/mol. The number of carbonyl (C=O) groups is 1. The lowest BCUT2D eigenvalue weighted by molar-refractivity contribution is 0.0919. The summed E-state index contributed by atoms with van der Waals surface area (Å²) in [5.41, 5.74) is 2.95. The van der Waals surface area contributed by atoms with Crippen LogP contribution in [0.15, 0.2) is 30.3 Å². The van der Waals surface area contributed by atoms with Gasteiger partial charge in [-0.3, -0.25) is 9.69 Å². The Morgan fingerprint density at radius 1 is 1.24 bits per heavy atom. The van der Waals surface area contributed by atoms with E-state index in [1.807, 2.05) is 46.0 Å². The van der Waals surface area contributed by atoms with Crippen molar-refractivity contribution in [2.24, 2.45) is 0 Å². The minimum absolute atomic E-state index is 0.154. The molecular formula is C24H28N6O4. The molecule has 3 aromatic rings. The molecule has 0 bridgehead atoms. The minimum atomic E-state index is -0.343. The number of benzene rings is 2. The SMILES string of the molecule is COc1c2c(cc3c1[C@H](c1nnnn1-c1cccc(C(=O)NC(C)(C)C)c1)N(C)CC3)OCO2. The average molecular weight is 465 g/mol. The lowest BCUT2D eigenvalue weighted by Gasteiger charge is -2.34. The molecule has 0 radical (unpaired) electrons. The first kappa shape index (κ1) is 22.1. The number of fused-ring (bicyclic) bond motifs is 2. The molecule has 0 aliphatic carbocycles. The van der Waals surface area contributed by atoms with Gasteiger partial charge in [-0.05, 0) is 74.5 Å². The Balaban J connectivity index is 1.59. The number of hydrogen-bond donors (Lipinski definition) is 1. The number of ether oxygens (including phenoxy) is 3. The second kappa shape index (κ2) is 8.28. The zero-order chi connectivity index (χ0) is 24.0. The molecule has 10 nitrogen and oxygen atoms in total. The number of nitrogens with zero attached hydrogens (tertiary/aromatic N) is 5. The van der Waals surface area contributed by atoms with E-state index in [9.17, 15) is 4.79 Å². The highest BCUT2D eigenvalue weighted by atomic mass is 16.7. The highest BCUT2D eigenvalue weighted by Gasteiger charge is 2.37. The second-order valence-corrected chi connectivity index (χ2v) is 9.55. The first-order valence-electron chi connectivity index (χ1n) is 11.2. The van der Waals surface area contributed by atoms with E-state index in [4.69, 9.17) is 14.2 Å². The van der Waals surface area contributed by atoms with Crippen molar-refractivity contribution in [2.75, 3.05) is 27.5 Å². The van der Waals surface area contributed by atoms with Gasteiger partial charge in [-0.25, -0.2) is 0 Å². The lowest BCUT2D eigenvalue weighted by atomic mass is 9.90. The van der Waals surface area contributed by atoms with Gasteiger partial charge < -0.3 is 19.5 Å². The standard InChI is InChI=1S/C24H28N6O4/c1-24(2,3)25-23(31)15-7-6-8-16(11-15)30-22(26-27-28-30)19-18-14(9-10-29(19)4)12-17-20(21(18)32-5)34-13-33-17/h6-8,11-12,19H,9-10,13H2,1-5H3,(H,25,31)/t19-/m1/s1. The van der Waals surface area contributed by atoms with Gasteiger partial charge in [-0.15, -0.1) is 5.10 Å².